The van der Waals surface area contributed by atoms with Gasteiger partial charge in [0.15, 0.2) is 0 Å². The number of hydrogen-bond acceptors (Lipinski definition) is 3. The summed E-state index contributed by atoms with van der Waals surface area (Å²) in [6.45, 7) is 3.15. The molecule has 0 unspecified atom stereocenters. The van der Waals surface area contributed by atoms with E-state index in [-0.39, 0.29) is 5.91 Å². The van der Waals surface area contributed by atoms with E-state index in [1.165, 1.54) is 0 Å². The maximum atomic E-state index is 12.5. The van der Waals surface area contributed by atoms with Crippen LogP contribution in [0.4, 0.5) is 5.69 Å². The first-order valence-electron chi connectivity index (χ1n) is 7.48. The van der Waals surface area contributed by atoms with Crippen LogP contribution in [-0.2, 0) is 7.05 Å². The van der Waals surface area contributed by atoms with E-state index in [9.17, 15) is 4.79 Å². The first kappa shape index (κ1) is 14.5. The highest BCUT2D eigenvalue weighted by Gasteiger charge is 2.23. The molecule has 0 spiro atoms. The second kappa shape index (κ2) is 6.13. The Morgan fingerprint density at radius 1 is 1.09 bits per heavy atom. The van der Waals surface area contributed by atoms with Crippen molar-refractivity contribution in [2.45, 2.75) is 0 Å². The number of aromatic nitrogens is 1. The van der Waals surface area contributed by atoms with Gasteiger partial charge in [0.05, 0.1) is 7.11 Å². The summed E-state index contributed by atoms with van der Waals surface area (Å²) >= 11 is 0. The van der Waals surface area contributed by atoms with Crippen molar-refractivity contribution in [1.82, 2.24) is 9.47 Å². The SMILES string of the molecule is COc1cccc(N2CCN(C(=O)c3cccn3C)CC2)c1. The van der Waals surface area contributed by atoms with E-state index in [0.717, 1.165) is 43.3 Å². The fourth-order valence-electron chi connectivity index (χ4n) is 2.82. The fraction of sp³-hybridized carbons (Fsp3) is 0.353. The van der Waals surface area contributed by atoms with Crippen molar-refractivity contribution in [2.24, 2.45) is 7.05 Å². The average Bonchev–Trinajstić information content (AvgIpc) is 3.00. The molecule has 1 aliphatic heterocycles. The Hall–Kier alpha value is -2.43. The van der Waals surface area contributed by atoms with Crippen LogP contribution in [0, 0.1) is 0 Å². The molecular weight excluding hydrogens is 278 g/mol. The molecule has 0 radical (unpaired) electrons. The van der Waals surface area contributed by atoms with Crippen molar-refractivity contribution in [3.05, 3.63) is 48.3 Å². The normalized spacial score (nSPS) is 15.0. The topological polar surface area (TPSA) is 37.7 Å². The lowest BCUT2D eigenvalue weighted by molar-refractivity contribution is 0.0737. The summed E-state index contributed by atoms with van der Waals surface area (Å²) in [5.74, 6) is 0.970. The number of ether oxygens (including phenoxy) is 1. The number of aryl methyl sites for hydroxylation is 1. The molecule has 22 heavy (non-hydrogen) atoms. The van der Waals surface area contributed by atoms with Gasteiger partial charge in [-0.25, -0.2) is 0 Å². The van der Waals surface area contributed by atoms with Crippen LogP contribution in [0.15, 0.2) is 42.6 Å². The highest BCUT2D eigenvalue weighted by Crippen LogP contribution is 2.22. The van der Waals surface area contributed by atoms with Crippen molar-refractivity contribution in [1.29, 1.82) is 0 Å². The summed E-state index contributed by atoms with van der Waals surface area (Å²) in [7, 11) is 3.58. The molecule has 1 fully saturated rings. The Balaban J connectivity index is 1.65. The third kappa shape index (κ3) is 2.79. The van der Waals surface area contributed by atoms with Gasteiger partial charge >= 0.3 is 0 Å². The number of carbonyl (C=O) groups excluding carboxylic acids is 1. The summed E-state index contributed by atoms with van der Waals surface area (Å²) in [5.41, 5.74) is 1.89. The number of nitrogens with zero attached hydrogens (tertiary/aromatic N) is 3. The van der Waals surface area contributed by atoms with Crippen molar-refractivity contribution in [3.8, 4) is 5.75 Å². The van der Waals surface area contributed by atoms with E-state index in [1.807, 2.05) is 53.0 Å². The highest BCUT2D eigenvalue weighted by molar-refractivity contribution is 5.92. The van der Waals surface area contributed by atoms with E-state index in [2.05, 4.69) is 11.0 Å². The van der Waals surface area contributed by atoms with Crippen molar-refractivity contribution in [2.75, 3.05) is 38.2 Å². The molecule has 5 heteroatoms. The third-order valence-corrected chi connectivity index (χ3v) is 4.15. The molecule has 3 rings (SSSR count). The van der Waals surface area contributed by atoms with Gasteiger partial charge in [-0.3, -0.25) is 4.79 Å². The second-order valence-electron chi connectivity index (χ2n) is 5.49. The monoisotopic (exact) mass is 299 g/mol. The molecule has 0 bridgehead atoms. The highest BCUT2D eigenvalue weighted by atomic mass is 16.5. The first-order chi connectivity index (χ1) is 10.7. The lowest BCUT2D eigenvalue weighted by Crippen LogP contribution is -2.49. The van der Waals surface area contributed by atoms with E-state index in [4.69, 9.17) is 4.74 Å². The number of rotatable bonds is 3. The van der Waals surface area contributed by atoms with Crippen LogP contribution >= 0.6 is 0 Å². The fourth-order valence-corrected chi connectivity index (χ4v) is 2.82. The minimum absolute atomic E-state index is 0.109. The lowest BCUT2D eigenvalue weighted by atomic mass is 10.2. The molecular formula is C17H21N3O2. The summed E-state index contributed by atoms with van der Waals surface area (Å²) in [5, 5.41) is 0. The molecule has 1 aliphatic rings. The molecule has 1 amide bonds. The van der Waals surface area contributed by atoms with Gasteiger partial charge in [0.25, 0.3) is 5.91 Å². The Bertz CT molecular complexity index is 657. The molecule has 0 aliphatic carbocycles. The Labute approximate surface area is 130 Å². The number of carbonyl (C=O) groups is 1. The number of hydrogen-bond donors (Lipinski definition) is 0. The van der Waals surface area contributed by atoms with Crippen molar-refractivity contribution < 1.29 is 9.53 Å². The zero-order chi connectivity index (χ0) is 15.5. The van der Waals surface area contributed by atoms with Crippen molar-refractivity contribution >= 4 is 11.6 Å². The predicted molar refractivity (Wildman–Crippen MR) is 86.5 cm³/mol. The Morgan fingerprint density at radius 2 is 1.86 bits per heavy atom. The molecule has 0 atom stereocenters. The number of methoxy groups -OCH3 is 1. The quantitative estimate of drug-likeness (QED) is 0.870. The molecule has 1 aromatic carbocycles. The summed E-state index contributed by atoms with van der Waals surface area (Å²) in [6.07, 6.45) is 1.90. The van der Waals surface area contributed by atoms with Crippen molar-refractivity contribution in [3.63, 3.8) is 0 Å². The molecule has 5 nitrogen and oxygen atoms in total. The van der Waals surface area contributed by atoms with Crippen LogP contribution in [-0.4, -0.2) is 48.7 Å². The Kier molecular flexibility index (Phi) is 4.04. The zero-order valence-electron chi connectivity index (χ0n) is 13.0. The standard InChI is InChI=1S/C17H21N3O2/c1-18-8-4-7-16(18)17(21)20-11-9-19(10-12-20)14-5-3-6-15(13-14)22-2/h3-8,13H,9-12H2,1-2H3. The maximum absolute atomic E-state index is 12.5. The zero-order valence-corrected chi connectivity index (χ0v) is 13.0. The van der Waals surface area contributed by atoms with Gasteiger partial charge in [0, 0.05) is 51.2 Å². The van der Waals surface area contributed by atoms with Crippen LogP contribution in [0.5, 0.6) is 5.75 Å². The van der Waals surface area contributed by atoms with Crippen LogP contribution in [0.3, 0.4) is 0 Å². The Morgan fingerprint density at radius 3 is 2.50 bits per heavy atom. The number of amides is 1. The molecule has 2 aromatic rings. The summed E-state index contributed by atoms with van der Waals surface area (Å²) in [4.78, 5) is 16.7. The number of piperazine rings is 1. The van der Waals surface area contributed by atoms with Gasteiger partial charge in [0.1, 0.15) is 11.4 Å². The van der Waals surface area contributed by atoms with Gasteiger partial charge in [-0.15, -0.1) is 0 Å². The van der Waals surface area contributed by atoms with Gasteiger partial charge in [-0.1, -0.05) is 6.07 Å². The third-order valence-electron chi connectivity index (χ3n) is 4.15. The maximum Gasteiger partial charge on any atom is 0.270 e. The van der Waals surface area contributed by atoms with Crippen LogP contribution < -0.4 is 9.64 Å². The van der Waals surface area contributed by atoms with Gasteiger partial charge in [-0.05, 0) is 24.3 Å². The first-order valence-corrected chi connectivity index (χ1v) is 7.48. The van der Waals surface area contributed by atoms with Gasteiger partial charge in [-0.2, -0.15) is 0 Å². The largest absolute Gasteiger partial charge is 0.497 e. The predicted octanol–water partition coefficient (Wildman–Crippen LogP) is 2.00. The molecule has 0 N–H and O–H groups in total. The lowest BCUT2D eigenvalue weighted by Gasteiger charge is -2.36. The second-order valence-corrected chi connectivity index (χ2v) is 5.49. The van der Waals surface area contributed by atoms with Crippen LogP contribution in [0.25, 0.3) is 0 Å². The smallest absolute Gasteiger partial charge is 0.270 e. The molecule has 1 aromatic heterocycles. The van der Waals surface area contributed by atoms with Crippen LogP contribution in [0.1, 0.15) is 10.5 Å². The van der Waals surface area contributed by atoms with Gasteiger partial charge < -0.3 is 19.1 Å². The summed E-state index contributed by atoms with van der Waals surface area (Å²) in [6, 6.07) is 11.8. The molecule has 116 valence electrons. The number of anilines is 1. The minimum Gasteiger partial charge on any atom is -0.497 e. The van der Waals surface area contributed by atoms with Crippen LogP contribution in [0.2, 0.25) is 0 Å². The molecule has 2 heterocycles. The average molecular weight is 299 g/mol. The van der Waals surface area contributed by atoms with E-state index in [0.29, 0.717) is 0 Å². The summed E-state index contributed by atoms with van der Waals surface area (Å²) < 4.78 is 7.14. The van der Waals surface area contributed by atoms with Gasteiger partial charge in [0.2, 0.25) is 0 Å². The minimum atomic E-state index is 0.109. The van der Waals surface area contributed by atoms with E-state index in [1.54, 1.807) is 7.11 Å². The molecule has 0 saturated carbocycles. The molecule has 1 saturated heterocycles. The number of benzene rings is 1. The van der Waals surface area contributed by atoms with E-state index >= 15 is 0 Å². The van der Waals surface area contributed by atoms with E-state index < -0.39 is 0 Å².